The van der Waals surface area contributed by atoms with Crippen LogP contribution in [0.3, 0.4) is 0 Å². The van der Waals surface area contributed by atoms with Gasteiger partial charge in [-0.2, -0.15) is 0 Å². The lowest BCUT2D eigenvalue weighted by molar-refractivity contribution is 0.314. The number of rotatable bonds is 5. The van der Waals surface area contributed by atoms with E-state index in [1.165, 1.54) is 45.1 Å². The topological polar surface area (TPSA) is 12.0 Å². The first-order valence-corrected chi connectivity index (χ1v) is 8.98. The Labute approximate surface area is 129 Å². The summed E-state index contributed by atoms with van der Waals surface area (Å²) in [5.41, 5.74) is 3.49. The summed E-state index contributed by atoms with van der Waals surface area (Å²) in [6.07, 6.45) is 8.59. The maximum Gasteiger partial charge on any atom is 0.0323 e. The fourth-order valence-corrected chi connectivity index (χ4v) is 4.47. The summed E-state index contributed by atoms with van der Waals surface area (Å²) in [5.74, 6) is 3.09. The van der Waals surface area contributed by atoms with Crippen LogP contribution in [0.1, 0.15) is 69.5 Å². The smallest absolute Gasteiger partial charge is 0.0323 e. The molecule has 0 bridgehead atoms. The molecule has 0 amide bonds. The van der Waals surface area contributed by atoms with Crippen molar-refractivity contribution in [3.05, 3.63) is 35.4 Å². The van der Waals surface area contributed by atoms with Crippen molar-refractivity contribution >= 4 is 0 Å². The lowest BCUT2D eigenvalue weighted by atomic mass is 9.71. The molecule has 1 N–H and O–H groups in total. The molecule has 1 atom stereocenters. The van der Waals surface area contributed by atoms with E-state index in [1.807, 2.05) is 0 Å². The van der Waals surface area contributed by atoms with Crippen LogP contribution in [0.2, 0.25) is 0 Å². The largest absolute Gasteiger partial charge is 0.310 e. The van der Waals surface area contributed by atoms with Gasteiger partial charge < -0.3 is 5.32 Å². The molecule has 0 heterocycles. The molecule has 1 aromatic rings. The standard InChI is InChI=1S/C20H29N/c1-20(2)12-11-19(16-5-3-4-6-18(16)20)21-13-17(14-7-8-14)15-9-10-15/h3-6,14-15,17,19,21H,7-13H2,1-2H3. The van der Waals surface area contributed by atoms with Gasteiger partial charge in [-0.25, -0.2) is 0 Å². The van der Waals surface area contributed by atoms with E-state index >= 15 is 0 Å². The van der Waals surface area contributed by atoms with Crippen LogP contribution < -0.4 is 5.32 Å². The van der Waals surface area contributed by atoms with Gasteiger partial charge in [0.1, 0.15) is 0 Å². The van der Waals surface area contributed by atoms with E-state index in [0.717, 1.165) is 17.8 Å². The van der Waals surface area contributed by atoms with Crippen LogP contribution in [0, 0.1) is 17.8 Å². The summed E-state index contributed by atoms with van der Waals surface area (Å²) in [4.78, 5) is 0. The number of fused-ring (bicyclic) bond motifs is 1. The minimum absolute atomic E-state index is 0.348. The Morgan fingerprint density at radius 3 is 2.38 bits per heavy atom. The molecule has 0 radical (unpaired) electrons. The van der Waals surface area contributed by atoms with Gasteiger partial charge in [-0.3, -0.25) is 0 Å². The Hall–Kier alpha value is -0.820. The van der Waals surface area contributed by atoms with Crippen LogP contribution in [0.15, 0.2) is 24.3 Å². The fourth-order valence-electron chi connectivity index (χ4n) is 4.47. The quantitative estimate of drug-likeness (QED) is 0.816. The van der Waals surface area contributed by atoms with Gasteiger partial charge in [0.15, 0.2) is 0 Å². The summed E-state index contributed by atoms with van der Waals surface area (Å²) < 4.78 is 0. The van der Waals surface area contributed by atoms with Crippen LogP contribution in [0.5, 0.6) is 0 Å². The molecule has 1 heteroatoms. The molecule has 2 saturated carbocycles. The number of benzene rings is 1. The highest BCUT2D eigenvalue weighted by atomic mass is 14.9. The molecular weight excluding hydrogens is 254 g/mol. The maximum absolute atomic E-state index is 3.96. The van der Waals surface area contributed by atoms with Gasteiger partial charge in [-0.15, -0.1) is 0 Å². The van der Waals surface area contributed by atoms with Crippen LogP contribution in [0.4, 0.5) is 0 Å². The summed E-state index contributed by atoms with van der Waals surface area (Å²) in [7, 11) is 0. The van der Waals surface area contributed by atoms with Gasteiger partial charge in [0.25, 0.3) is 0 Å². The van der Waals surface area contributed by atoms with E-state index in [9.17, 15) is 0 Å². The van der Waals surface area contributed by atoms with E-state index in [2.05, 4.69) is 43.4 Å². The van der Waals surface area contributed by atoms with E-state index in [4.69, 9.17) is 0 Å². The zero-order chi connectivity index (χ0) is 14.4. The van der Waals surface area contributed by atoms with Gasteiger partial charge in [-0.05, 0) is 79.4 Å². The van der Waals surface area contributed by atoms with Crippen molar-refractivity contribution in [1.29, 1.82) is 0 Å². The van der Waals surface area contributed by atoms with Crippen molar-refractivity contribution in [2.45, 2.75) is 63.8 Å². The Bertz CT molecular complexity index is 498. The highest BCUT2D eigenvalue weighted by Crippen LogP contribution is 2.49. The molecule has 0 spiro atoms. The summed E-state index contributed by atoms with van der Waals surface area (Å²) in [5, 5.41) is 3.96. The van der Waals surface area contributed by atoms with Gasteiger partial charge in [0, 0.05) is 6.04 Å². The monoisotopic (exact) mass is 283 g/mol. The molecule has 21 heavy (non-hydrogen) atoms. The summed E-state index contributed by atoms with van der Waals surface area (Å²) >= 11 is 0. The van der Waals surface area contributed by atoms with Gasteiger partial charge in [0.2, 0.25) is 0 Å². The first-order valence-electron chi connectivity index (χ1n) is 8.98. The highest BCUT2D eigenvalue weighted by Gasteiger charge is 2.41. The Balaban J connectivity index is 1.48. The minimum atomic E-state index is 0.348. The molecule has 3 aliphatic rings. The molecule has 4 rings (SSSR count). The lowest BCUT2D eigenvalue weighted by Crippen LogP contribution is -2.35. The van der Waals surface area contributed by atoms with Gasteiger partial charge in [0.05, 0.1) is 0 Å². The third-order valence-electron chi connectivity index (χ3n) is 6.18. The van der Waals surface area contributed by atoms with E-state index < -0.39 is 0 Å². The van der Waals surface area contributed by atoms with Gasteiger partial charge in [-0.1, -0.05) is 38.1 Å². The van der Waals surface area contributed by atoms with Crippen molar-refractivity contribution < 1.29 is 0 Å². The van der Waals surface area contributed by atoms with Crippen LogP contribution in [0.25, 0.3) is 0 Å². The van der Waals surface area contributed by atoms with E-state index in [1.54, 1.807) is 11.1 Å². The highest BCUT2D eigenvalue weighted by molar-refractivity contribution is 5.38. The molecule has 114 valence electrons. The molecule has 2 fully saturated rings. The van der Waals surface area contributed by atoms with Crippen molar-refractivity contribution in [2.24, 2.45) is 17.8 Å². The number of hydrogen-bond donors (Lipinski definition) is 1. The maximum atomic E-state index is 3.96. The van der Waals surface area contributed by atoms with E-state index in [0.29, 0.717) is 11.5 Å². The molecule has 0 aliphatic heterocycles. The van der Waals surface area contributed by atoms with Crippen LogP contribution in [-0.4, -0.2) is 6.54 Å². The molecule has 0 saturated heterocycles. The van der Waals surface area contributed by atoms with Crippen molar-refractivity contribution in [1.82, 2.24) is 5.32 Å². The lowest BCUT2D eigenvalue weighted by Gasteiger charge is -2.38. The second-order valence-corrected chi connectivity index (χ2v) is 8.31. The molecular formula is C20H29N. The van der Waals surface area contributed by atoms with Crippen molar-refractivity contribution in [3.63, 3.8) is 0 Å². The number of hydrogen-bond acceptors (Lipinski definition) is 1. The molecule has 1 unspecified atom stereocenters. The predicted molar refractivity (Wildman–Crippen MR) is 88.4 cm³/mol. The second kappa shape index (κ2) is 5.12. The first kappa shape index (κ1) is 13.8. The SMILES string of the molecule is CC1(C)CCC(NCC(C2CC2)C2CC2)c2ccccc21. The fraction of sp³-hybridized carbons (Fsp3) is 0.700. The zero-order valence-corrected chi connectivity index (χ0v) is 13.6. The molecule has 1 aromatic carbocycles. The molecule has 1 nitrogen and oxygen atoms in total. The summed E-state index contributed by atoms with van der Waals surface area (Å²) in [6.45, 7) is 6.06. The minimum Gasteiger partial charge on any atom is -0.310 e. The molecule has 0 aromatic heterocycles. The third-order valence-corrected chi connectivity index (χ3v) is 6.18. The number of nitrogens with one attached hydrogen (secondary N) is 1. The van der Waals surface area contributed by atoms with Crippen LogP contribution >= 0.6 is 0 Å². The van der Waals surface area contributed by atoms with Gasteiger partial charge >= 0.3 is 0 Å². The van der Waals surface area contributed by atoms with Crippen molar-refractivity contribution in [2.75, 3.05) is 6.54 Å². The normalized spacial score (nSPS) is 27.7. The van der Waals surface area contributed by atoms with Crippen LogP contribution in [-0.2, 0) is 5.41 Å². The third kappa shape index (κ3) is 2.77. The Kier molecular flexibility index (Phi) is 3.37. The Morgan fingerprint density at radius 2 is 1.71 bits per heavy atom. The summed E-state index contributed by atoms with van der Waals surface area (Å²) in [6, 6.07) is 9.72. The Morgan fingerprint density at radius 1 is 1.05 bits per heavy atom. The predicted octanol–water partition coefficient (Wildman–Crippen LogP) is 4.82. The van der Waals surface area contributed by atoms with E-state index in [-0.39, 0.29) is 0 Å². The average Bonchev–Trinajstić information content (AvgIpc) is 3.36. The average molecular weight is 283 g/mol. The first-order chi connectivity index (χ1) is 10.1. The zero-order valence-electron chi connectivity index (χ0n) is 13.6. The molecule has 3 aliphatic carbocycles. The van der Waals surface area contributed by atoms with Crippen molar-refractivity contribution in [3.8, 4) is 0 Å². The second-order valence-electron chi connectivity index (χ2n) is 8.31.